The number of hydrogen-bond donors (Lipinski definition) is 2. The van der Waals surface area contributed by atoms with Crippen molar-refractivity contribution in [1.82, 2.24) is 5.32 Å². The summed E-state index contributed by atoms with van der Waals surface area (Å²) in [6.45, 7) is 7.97. The van der Waals surface area contributed by atoms with Crippen molar-refractivity contribution in [2.45, 2.75) is 39.2 Å². The van der Waals surface area contributed by atoms with E-state index in [1.807, 2.05) is 38.1 Å². The van der Waals surface area contributed by atoms with Crippen LogP contribution < -0.4 is 5.32 Å². The largest absolute Gasteiger partial charge is 0.465 e. The Bertz CT molecular complexity index is 366. The predicted octanol–water partition coefficient (Wildman–Crippen LogP) is 3.31. The molecule has 1 rings (SSSR count). The van der Waals surface area contributed by atoms with Crippen LogP contribution in [0.1, 0.15) is 44.7 Å². The molecule has 1 amide bonds. The quantitative estimate of drug-likeness (QED) is 0.822. The molecule has 0 atom stereocenters. The highest BCUT2D eigenvalue weighted by molar-refractivity contribution is 5.66. The van der Waals surface area contributed by atoms with Crippen LogP contribution in [0.2, 0.25) is 0 Å². The number of nitrogens with one attached hydrogen (secondary N) is 1. The van der Waals surface area contributed by atoms with Crippen LogP contribution in [-0.2, 0) is 5.54 Å². The number of amides is 1. The van der Waals surface area contributed by atoms with E-state index in [-0.39, 0.29) is 0 Å². The molecule has 3 nitrogen and oxygen atoms in total. The van der Waals surface area contributed by atoms with Crippen LogP contribution in [0.4, 0.5) is 4.79 Å². The fraction of sp³-hybridized carbons (Fsp3) is 0.462. The molecule has 0 aliphatic rings. The third-order valence-electron chi connectivity index (χ3n) is 2.72. The molecule has 1 aromatic carbocycles. The molecule has 0 fully saturated rings. The number of carboxylic acid groups (broad SMARTS) is 1. The third-order valence-corrected chi connectivity index (χ3v) is 2.72. The van der Waals surface area contributed by atoms with Crippen molar-refractivity contribution in [2.24, 2.45) is 0 Å². The Balaban J connectivity index is 2.92. The highest BCUT2D eigenvalue weighted by atomic mass is 16.4. The first-order chi connectivity index (χ1) is 7.33. The summed E-state index contributed by atoms with van der Waals surface area (Å²) < 4.78 is 0. The topological polar surface area (TPSA) is 49.3 Å². The number of carbonyl (C=O) groups is 1. The van der Waals surface area contributed by atoms with Gasteiger partial charge in [0.1, 0.15) is 0 Å². The lowest BCUT2D eigenvalue weighted by atomic mass is 9.92. The van der Waals surface area contributed by atoms with Gasteiger partial charge in [-0.25, -0.2) is 4.79 Å². The summed E-state index contributed by atoms with van der Waals surface area (Å²) in [5.74, 6) is 0.490. The van der Waals surface area contributed by atoms with Gasteiger partial charge in [0, 0.05) is 0 Å². The van der Waals surface area contributed by atoms with E-state index >= 15 is 0 Å². The van der Waals surface area contributed by atoms with Gasteiger partial charge in [-0.3, -0.25) is 0 Å². The minimum absolute atomic E-state index is 0.490. The van der Waals surface area contributed by atoms with Crippen LogP contribution in [0.3, 0.4) is 0 Å². The average molecular weight is 221 g/mol. The van der Waals surface area contributed by atoms with E-state index in [1.54, 1.807) is 0 Å². The summed E-state index contributed by atoms with van der Waals surface area (Å²) in [5, 5.41) is 11.2. The van der Waals surface area contributed by atoms with Crippen molar-refractivity contribution in [3.05, 3.63) is 35.4 Å². The molecular weight excluding hydrogens is 202 g/mol. The SMILES string of the molecule is CC(C)c1ccc(C(C)(C)NC(=O)O)cc1. The molecule has 0 bridgehead atoms. The van der Waals surface area contributed by atoms with E-state index in [2.05, 4.69) is 19.2 Å². The van der Waals surface area contributed by atoms with Gasteiger partial charge in [-0.1, -0.05) is 38.1 Å². The van der Waals surface area contributed by atoms with Gasteiger partial charge >= 0.3 is 6.09 Å². The minimum Gasteiger partial charge on any atom is -0.465 e. The molecule has 0 aliphatic carbocycles. The fourth-order valence-corrected chi connectivity index (χ4v) is 1.62. The van der Waals surface area contributed by atoms with Crippen LogP contribution in [0.15, 0.2) is 24.3 Å². The zero-order valence-electron chi connectivity index (χ0n) is 10.2. The first kappa shape index (κ1) is 12.6. The average Bonchev–Trinajstić information content (AvgIpc) is 2.16. The summed E-state index contributed by atoms with van der Waals surface area (Å²) in [6.07, 6.45) is -1.00. The Kier molecular flexibility index (Phi) is 3.58. The standard InChI is InChI=1S/C13H19NO2/c1-9(2)10-5-7-11(8-6-10)13(3,4)14-12(15)16/h5-9,14H,1-4H3,(H,15,16). The molecule has 1 aromatic rings. The fourth-order valence-electron chi connectivity index (χ4n) is 1.62. The van der Waals surface area contributed by atoms with Crippen molar-refractivity contribution >= 4 is 6.09 Å². The van der Waals surface area contributed by atoms with Crippen molar-refractivity contribution in [3.63, 3.8) is 0 Å². The second-order valence-electron chi connectivity index (χ2n) is 4.83. The van der Waals surface area contributed by atoms with Crippen molar-refractivity contribution in [3.8, 4) is 0 Å². The highest BCUT2D eigenvalue weighted by Crippen LogP contribution is 2.22. The summed E-state index contributed by atoms with van der Waals surface area (Å²) in [5.41, 5.74) is 1.68. The van der Waals surface area contributed by atoms with Crippen LogP contribution in [-0.4, -0.2) is 11.2 Å². The molecule has 0 heterocycles. The van der Waals surface area contributed by atoms with Gasteiger partial charge in [0.25, 0.3) is 0 Å². The number of rotatable bonds is 3. The summed E-state index contributed by atoms with van der Waals surface area (Å²) in [4.78, 5) is 10.7. The van der Waals surface area contributed by atoms with E-state index in [1.165, 1.54) is 5.56 Å². The molecule has 88 valence electrons. The molecular formula is C13H19NO2. The maximum atomic E-state index is 10.7. The first-order valence-electron chi connectivity index (χ1n) is 5.44. The summed E-state index contributed by atoms with van der Waals surface area (Å²) in [6, 6.07) is 8.05. The van der Waals surface area contributed by atoms with Crippen LogP contribution in [0, 0.1) is 0 Å². The van der Waals surface area contributed by atoms with E-state index in [0.717, 1.165) is 5.56 Å². The second kappa shape index (κ2) is 4.56. The first-order valence-corrected chi connectivity index (χ1v) is 5.44. The Morgan fingerprint density at radius 2 is 1.75 bits per heavy atom. The molecule has 0 unspecified atom stereocenters. The Labute approximate surface area is 96.5 Å². The molecule has 3 heteroatoms. The third kappa shape index (κ3) is 2.99. The van der Waals surface area contributed by atoms with Gasteiger partial charge < -0.3 is 10.4 Å². The second-order valence-corrected chi connectivity index (χ2v) is 4.83. The smallest absolute Gasteiger partial charge is 0.405 e. The molecule has 0 spiro atoms. The number of benzene rings is 1. The maximum absolute atomic E-state index is 10.7. The summed E-state index contributed by atoms with van der Waals surface area (Å²) >= 11 is 0. The molecule has 0 aliphatic heterocycles. The Morgan fingerprint density at radius 3 is 2.12 bits per heavy atom. The molecule has 2 N–H and O–H groups in total. The van der Waals surface area contributed by atoms with Gasteiger partial charge in [0.15, 0.2) is 0 Å². The van der Waals surface area contributed by atoms with Gasteiger partial charge in [-0.2, -0.15) is 0 Å². The molecule has 0 saturated heterocycles. The van der Waals surface area contributed by atoms with Gasteiger partial charge in [-0.05, 0) is 30.9 Å². The Morgan fingerprint density at radius 1 is 1.25 bits per heavy atom. The lowest BCUT2D eigenvalue weighted by molar-refractivity contribution is 0.182. The van der Waals surface area contributed by atoms with Crippen molar-refractivity contribution in [1.29, 1.82) is 0 Å². The predicted molar refractivity (Wildman–Crippen MR) is 64.7 cm³/mol. The van der Waals surface area contributed by atoms with Crippen molar-refractivity contribution in [2.75, 3.05) is 0 Å². The van der Waals surface area contributed by atoms with Crippen molar-refractivity contribution < 1.29 is 9.90 Å². The maximum Gasteiger partial charge on any atom is 0.405 e. The van der Waals surface area contributed by atoms with E-state index in [4.69, 9.17) is 5.11 Å². The Hall–Kier alpha value is -1.51. The van der Waals surface area contributed by atoms with Crippen LogP contribution in [0.5, 0.6) is 0 Å². The molecule has 16 heavy (non-hydrogen) atoms. The minimum atomic E-state index is -1.00. The molecule has 0 aromatic heterocycles. The van der Waals surface area contributed by atoms with Crippen LogP contribution in [0.25, 0.3) is 0 Å². The molecule has 0 radical (unpaired) electrons. The van der Waals surface area contributed by atoms with Crippen LogP contribution >= 0.6 is 0 Å². The normalized spacial score (nSPS) is 11.6. The van der Waals surface area contributed by atoms with Gasteiger partial charge in [-0.15, -0.1) is 0 Å². The van der Waals surface area contributed by atoms with E-state index < -0.39 is 11.6 Å². The van der Waals surface area contributed by atoms with E-state index in [9.17, 15) is 4.79 Å². The lowest BCUT2D eigenvalue weighted by Crippen LogP contribution is -2.40. The molecule has 0 saturated carbocycles. The zero-order valence-corrected chi connectivity index (χ0v) is 10.2. The highest BCUT2D eigenvalue weighted by Gasteiger charge is 2.22. The van der Waals surface area contributed by atoms with Gasteiger partial charge in [0.2, 0.25) is 0 Å². The number of hydrogen-bond acceptors (Lipinski definition) is 1. The monoisotopic (exact) mass is 221 g/mol. The van der Waals surface area contributed by atoms with E-state index in [0.29, 0.717) is 5.92 Å². The summed E-state index contributed by atoms with van der Waals surface area (Å²) in [7, 11) is 0. The van der Waals surface area contributed by atoms with Gasteiger partial charge in [0.05, 0.1) is 5.54 Å². The lowest BCUT2D eigenvalue weighted by Gasteiger charge is -2.25. The zero-order chi connectivity index (χ0) is 12.3.